The molecule has 13 heavy (non-hydrogen) atoms. The molecule has 0 fully saturated rings. The van der Waals surface area contributed by atoms with Crippen LogP contribution in [0.1, 0.15) is 5.82 Å². The first kappa shape index (κ1) is 7.98. The highest BCUT2D eigenvalue weighted by Crippen LogP contribution is 2.08. The third-order valence-electron chi connectivity index (χ3n) is 2.28. The Morgan fingerprint density at radius 1 is 1.31 bits per heavy atom. The number of para-hydroxylation sites is 1. The van der Waals surface area contributed by atoms with E-state index in [0.717, 1.165) is 16.7 Å². The molecule has 0 saturated carbocycles. The molecule has 3 nitrogen and oxygen atoms in total. The normalized spacial score (nSPS) is 10.6. The van der Waals surface area contributed by atoms with E-state index in [1.807, 2.05) is 42.8 Å². The SMILES string of the molecule is Cc1nc(=N)c2ccccc2n1C. The molecule has 3 heteroatoms. The summed E-state index contributed by atoms with van der Waals surface area (Å²) >= 11 is 0. The van der Waals surface area contributed by atoms with Gasteiger partial charge in [-0.05, 0) is 19.1 Å². The van der Waals surface area contributed by atoms with Crippen LogP contribution in [0.25, 0.3) is 10.9 Å². The number of nitrogens with one attached hydrogen (secondary N) is 1. The number of hydrogen-bond donors (Lipinski definition) is 1. The van der Waals surface area contributed by atoms with Crippen molar-refractivity contribution in [1.29, 1.82) is 5.41 Å². The lowest BCUT2D eigenvalue weighted by molar-refractivity contribution is 0.828. The van der Waals surface area contributed by atoms with Crippen LogP contribution in [0.5, 0.6) is 0 Å². The van der Waals surface area contributed by atoms with E-state index in [4.69, 9.17) is 5.41 Å². The Labute approximate surface area is 76.2 Å². The van der Waals surface area contributed by atoms with Crippen molar-refractivity contribution in [2.75, 3.05) is 0 Å². The summed E-state index contributed by atoms with van der Waals surface area (Å²) in [6, 6.07) is 7.82. The van der Waals surface area contributed by atoms with Crippen LogP contribution in [0.4, 0.5) is 0 Å². The predicted molar refractivity (Wildman–Crippen MR) is 51.3 cm³/mol. The van der Waals surface area contributed by atoms with Gasteiger partial charge in [-0.25, -0.2) is 4.98 Å². The number of benzene rings is 1. The van der Waals surface area contributed by atoms with Gasteiger partial charge >= 0.3 is 0 Å². The largest absolute Gasteiger partial charge is 0.332 e. The molecular weight excluding hydrogens is 162 g/mol. The van der Waals surface area contributed by atoms with E-state index in [2.05, 4.69) is 4.98 Å². The first-order valence-corrected chi connectivity index (χ1v) is 4.17. The van der Waals surface area contributed by atoms with Gasteiger partial charge in [0.15, 0.2) is 5.49 Å². The fourth-order valence-electron chi connectivity index (χ4n) is 1.44. The van der Waals surface area contributed by atoms with Crippen molar-refractivity contribution in [1.82, 2.24) is 9.55 Å². The lowest BCUT2D eigenvalue weighted by Gasteiger charge is -2.07. The minimum absolute atomic E-state index is 0.353. The zero-order valence-electron chi connectivity index (χ0n) is 7.70. The Morgan fingerprint density at radius 2 is 2.00 bits per heavy atom. The van der Waals surface area contributed by atoms with Crippen molar-refractivity contribution in [3.05, 3.63) is 35.6 Å². The van der Waals surface area contributed by atoms with Crippen LogP contribution in [0.3, 0.4) is 0 Å². The second-order valence-electron chi connectivity index (χ2n) is 3.08. The van der Waals surface area contributed by atoms with Crippen LogP contribution in [-0.4, -0.2) is 9.55 Å². The summed E-state index contributed by atoms with van der Waals surface area (Å²) in [4.78, 5) is 4.13. The zero-order valence-corrected chi connectivity index (χ0v) is 7.70. The summed E-state index contributed by atoms with van der Waals surface area (Å²) in [6.07, 6.45) is 0. The number of aryl methyl sites for hydroxylation is 2. The molecule has 2 rings (SSSR count). The van der Waals surface area contributed by atoms with Crippen molar-refractivity contribution >= 4 is 10.9 Å². The molecule has 0 bridgehead atoms. The molecule has 0 atom stereocenters. The average molecular weight is 173 g/mol. The van der Waals surface area contributed by atoms with E-state index in [1.54, 1.807) is 0 Å². The second kappa shape index (κ2) is 2.69. The summed E-state index contributed by atoms with van der Waals surface area (Å²) in [5.41, 5.74) is 1.41. The first-order valence-electron chi connectivity index (χ1n) is 4.17. The average Bonchev–Trinajstić information content (AvgIpc) is 2.15. The summed E-state index contributed by atoms with van der Waals surface area (Å²) in [7, 11) is 1.96. The Morgan fingerprint density at radius 3 is 2.77 bits per heavy atom. The van der Waals surface area contributed by atoms with Crippen LogP contribution >= 0.6 is 0 Å². The van der Waals surface area contributed by atoms with Gasteiger partial charge in [-0.2, -0.15) is 0 Å². The standard InChI is InChI=1S/C10H11N3/c1-7-12-10(11)8-5-3-4-6-9(8)13(7)2/h3-6,11H,1-2H3. The van der Waals surface area contributed by atoms with Gasteiger partial charge in [-0.3, -0.25) is 5.41 Å². The second-order valence-corrected chi connectivity index (χ2v) is 3.08. The molecule has 1 aromatic carbocycles. The highest BCUT2D eigenvalue weighted by molar-refractivity contribution is 5.77. The fourth-order valence-corrected chi connectivity index (χ4v) is 1.44. The smallest absolute Gasteiger partial charge is 0.155 e. The van der Waals surface area contributed by atoms with Gasteiger partial charge in [-0.15, -0.1) is 0 Å². The van der Waals surface area contributed by atoms with E-state index >= 15 is 0 Å². The quantitative estimate of drug-likeness (QED) is 0.642. The number of rotatable bonds is 0. The van der Waals surface area contributed by atoms with Gasteiger partial charge < -0.3 is 4.57 Å². The van der Waals surface area contributed by atoms with Crippen molar-refractivity contribution in [3.63, 3.8) is 0 Å². The summed E-state index contributed by atoms with van der Waals surface area (Å²) in [5.74, 6) is 0.865. The molecule has 0 saturated heterocycles. The molecule has 0 aliphatic heterocycles. The summed E-state index contributed by atoms with van der Waals surface area (Å²) in [6.45, 7) is 1.91. The highest BCUT2D eigenvalue weighted by atomic mass is 15.0. The maximum absolute atomic E-state index is 7.68. The molecule has 0 spiro atoms. The molecular formula is C10H11N3. The lowest BCUT2D eigenvalue weighted by atomic mass is 10.2. The van der Waals surface area contributed by atoms with E-state index < -0.39 is 0 Å². The van der Waals surface area contributed by atoms with Crippen LogP contribution < -0.4 is 5.49 Å². The fraction of sp³-hybridized carbons (Fsp3) is 0.200. The van der Waals surface area contributed by atoms with E-state index in [-0.39, 0.29) is 0 Å². The van der Waals surface area contributed by atoms with Gasteiger partial charge in [-0.1, -0.05) is 12.1 Å². The molecule has 1 aromatic heterocycles. The first-order chi connectivity index (χ1) is 6.20. The van der Waals surface area contributed by atoms with Crippen LogP contribution in [0, 0.1) is 12.3 Å². The molecule has 1 heterocycles. The van der Waals surface area contributed by atoms with Crippen molar-refractivity contribution in [2.24, 2.45) is 7.05 Å². The van der Waals surface area contributed by atoms with Crippen LogP contribution in [-0.2, 0) is 7.05 Å². The maximum Gasteiger partial charge on any atom is 0.155 e. The molecule has 0 aliphatic carbocycles. The molecule has 0 amide bonds. The minimum Gasteiger partial charge on any atom is -0.332 e. The van der Waals surface area contributed by atoms with Crippen molar-refractivity contribution < 1.29 is 0 Å². The van der Waals surface area contributed by atoms with Crippen molar-refractivity contribution in [2.45, 2.75) is 6.92 Å². The number of aromatic nitrogens is 2. The zero-order chi connectivity index (χ0) is 9.42. The van der Waals surface area contributed by atoms with E-state index in [0.29, 0.717) is 5.49 Å². The van der Waals surface area contributed by atoms with Crippen molar-refractivity contribution in [3.8, 4) is 0 Å². The molecule has 0 unspecified atom stereocenters. The van der Waals surface area contributed by atoms with Gasteiger partial charge in [0.2, 0.25) is 0 Å². The Hall–Kier alpha value is -1.64. The maximum atomic E-state index is 7.68. The monoisotopic (exact) mass is 173 g/mol. The van der Waals surface area contributed by atoms with Gasteiger partial charge in [0.05, 0.1) is 5.52 Å². The summed E-state index contributed by atoms with van der Waals surface area (Å²) in [5, 5.41) is 8.58. The topological polar surface area (TPSA) is 41.7 Å². The van der Waals surface area contributed by atoms with E-state index in [9.17, 15) is 0 Å². The molecule has 0 radical (unpaired) electrons. The number of nitrogens with zero attached hydrogens (tertiary/aromatic N) is 2. The van der Waals surface area contributed by atoms with Gasteiger partial charge in [0, 0.05) is 12.4 Å². The molecule has 2 aromatic rings. The highest BCUT2D eigenvalue weighted by Gasteiger charge is 2.00. The molecule has 1 N–H and O–H groups in total. The van der Waals surface area contributed by atoms with Gasteiger partial charge in [0.1, 0.15) is 5.82 Å². The Bertz CT molecular complexity index is 511. The predicted octanol–water partition coefficient (Wildman–Crippen LogP) is 1.36. The Kier molecular flexibility index (Phi) is 1.65. The third kappa shape index (κ3) is 1.13. The third-order valence-corrected chi connectivity index (χ3v) is 2.28. The number of fused-ring (bicyclic) bond motifs is 1. The lowest BCUT2D eigenvalue weighted by Crippen LogP contribution is -2.14. The minimum atomic E-state index is 0.353. The molecule has 0 aliphatic rings. The summed E-state index contributed by atoms with van der Waals surface area (Å²) < 4.78 is 1.99. The number of hydrogen-bond acceptors (Lipinski definition) is 2. The van der Waals surface area contributed by atoms with Crippen LogP contribution in [0.2, 0.25) is 0 Å². The van der Waals surface area contributed by atoms with Crippen LogP contribution in [0.15, 0.2) is 24.3 Å². The molecule has 66 valence electrons. The van der Waals surface area contributed by atoms with Gasteiger partial charge in [0.25, 0.3) is 0 Å². The Balaban J connectivity index is 3.06. The van der Waals surface area contributed by atoms with E-state index in [1.165, 1.54) is 0 Å².